The fourth-order valence-electron chi connectivity index (χ4n) is 5.00. The number of carbonyl (C=O) groups excluding carboxylic acids is 2. The van der Waals surface area contributed by atoms with Gasteiger partial charge in [0, 0.05) is 68.4 Å². The maximum absolute atomic E-state index is 13.0. The quantitative estimate of drug-likeness (QED) is 0.437. The van der Waals surface area contributed by atoms with Crippen molar-refractivity contribution in [3.8, 4) is 0 Å². The molecule has 1 amide bonds. The van der Waals surface area contributed by atoms with Crippen LogP contribution in [0.5, 0.6) is 0 Å². The molecule has 35 heavy (non-hydrogen) atoms. The van der Waals surface area contributed by atoms with Gasteiger partial charge in [-0.2, -0.15) is 0 Å². The summed E-state index contributed by atoms with van der Waals surface area (Å²) in [5.41, 5.74) is 3.51. The number of hydrogen-bond donors (Lipinski definition) is 0. The second-order valence-electron chi connectivity index (χ2n) is 9.47. The molecule has 2 aromatic rings. The van der Waals surface area contributed by atoms with Gasteiger partial charge in [-0.25, -0.2) is 0 Å². The van der Waals surface area contributed by atoms with Crippen LogP contribution in [-0.2, 0) is 22.5 Å². The van der Waals surface area contributed by atoms with Gasteiger partial charge in [-0.15, -0.1) is 4.98 Å². The Morgan fingerprint density at radius 2 is 1.94 bits per heavy atom. The molecule has 1 aromatic heterocycles. The molecular formula is C27H31ClN4O3. The molecule has 0 radical (unpaired) electrons. The average molecular weight is 495 g/mol. The third kappa shape index (κ3) is 6.07. The van der Waals surface area contributed by atoms with E-state index in [9.17, 15) is 9.59 Å². The van der Waals surface area contributed by atoms with Crippen molar-refractivity contribution >= 4 is 29.1 Å². The monoisotopic (exact) mass is 494 g/mol. The van der Waals surface area contributed by atoms with E-state index in [1.165, 1.54) is 12.3 Å². The van der Waals surface area contributed by atoms with Crippen LogP contribution in [0.25, 0.3) is 4.85 Å². The topological polar surface area (TPSA) is 67.1 Å². The van der Waals surface area contributed by atoms with Crippen LogP contribution in [-0.4, -0.2) is 65.4 Å². The smallest absolute Gasteiger partial charge is 0.270 e. The van der Waals surface area contributed by atoms with Crippen LogP contribution in [0.15, 0.2) is 30.5 Å². The molecule has 1 atom stereocenters. The molecule has 4 rings (SSSR count). The van der Waals surface area contributed by atoms with Crippen LogP contribution >= 0.6 is 11.6 Å². The Balaban J connectivity index is 1.42. The number of ether oxygens (including phenoxy) is 1. The summed E-state index contributed by atoms with van der Waals surface area (Å²) in [6, 6.07) is 7.13. The lowest BCUT2D eigenvalue weighted by atomic mass is 9.95. The Morgan fingerprint density at radius 3 is 2.66 bits per heavy atom. The number of halogens is 1. The predicted octanol–water partition coefficient (Wildman–Crippen LogP) is 4.48. The largest absolute Gasteiger partial charge is 0.381 e. The third-order valence-electron chi connectivity index (χ3n) is 7.08. The number of ketones is 1. The van der Waals surface area contributed by atoms with E-state index in [1.807, 2.05) is 24.0 Å². The lowest BCUT2D eigenvalue weighted by Crippen LogP contribution is -2.55. The highest BCUT2D eigenvalue weighted by molar-refractivity contribution is 6.30. The van der Waals surface area contributed by atoms with E-state index in [4.69, 9.17) is 22.9 Å². The zero-order valence-corrected chi connectivity index (χ0v) is 21.1. The first-order valence-corrected chi connectivity index (χ1v) is 12.5. The molecule has 7 nitrogen and oxygen atoms in total. The molecule has 2 aliphatic heterocycles. The van der Waals surface area contributed by atoms with Crippen molar-refractivity contribution in [2.45, 2.75) is 45.7 Å². The van der Waals surface area contributed by atoms with Crippen molar-refractivity contribution in [3.05, 3.63) is 69.2 Å². The summed E-state index contributed by atoms with van der Waals surface area (Å²) < 4.78 is 5.41. The summed E-state index contributed by atoms with van der Waals surface area (Å²) in [6.07, 6.45) is 3.33. The second-order valence-corrected chi connectivity index (χ2v) is 9.90. The third-order valence-corrected chi connectivity index (χ3v) is 7.30. The summed E-state index contributed by atoms with van der Waals surface area (Å²) in [6.45, 7) is 15.6. The first-order chi connectivity index (χ1) is 16.9. The molecule has 2 saturated heterocycles. The lowest BCUT2D eigenvalue weighted by molar-refractivity contribution is -0.143. The fourth-order valence-corrected chi connectivity index (χ4v) is 5.26. The van der Waals surface area contributed by atoms with Crippen LogP contribution in [0.1, 0.15) is 46.8 Å². The van der Waals surface area contributed by atoms with Crippen molar-refractivity contribution in [1.29, 1.82) is 0 Å². The summed E-state index contributed by atoms with van der Waals surface area (Å²) in [7, 11) is 0. The fraction of sp³-hybridized carbons (Fsp3) is 0.481. The van der Waals surface area contributed by atoms with Crippen molar-refractivity contribution in [2.75, 3.05) is 32.8 Å². The number of amides is 1. The first kappa shape index (κ1) is 25.3. The molecule has 0 spiro atoms. The van der Waals surface area contributed by atoms with Crippen LogP contribution in [0, 0.1) is 19.4 Å². The van der Waals surface area contributed by atoms with Gasteiger partial charge in [0.05, 0.1) is 0 Å². The van der Waals surface area contributed by atoms with Gasteiger partial charge in [0.2, 0.25) is 5.91 Å². The molecule has 1 aromatic carbocycles. The van der Waals surface area contributed by atoms with E-state index in [-0.39, 0.29) is 35.9 Å². The van der Waals surface area contributed by atoms with E-state index in [2.05, 4.69) is 21.7 Å². The van der Waals surface area contributed by atoms with Gasteiger partial charge in [0.1, 0.15) is 6.20 Å². The van der Waals surface area contributed by atoms with Crippen LogP contribution in [0.2, 0.25) is 5.02 Å². The van der Waals surface area contributed by atoms with Crippen molar-refractivity contribution in [2.24, 2.45) is 5.92 Å². The molecule has 0 aliphatic carbocycles. The predicted molar refractivity (Wildman–Crippen MR) is 135 cm³/mol. The lowest BCUT2D eigenvalue weighted by Gasteiger charge is -2.42. The zero-order chi connectivity index (χ0) is 24.9. The van der Waals surface area contributed by atoms with Crippen molar-refractivity contribution < 1.29 is 14.3 Å². The highest BCUT2D eigenvalue weighted by atomic mass is 35.5. The van der Waals surface area contributed by atoms with E-state index in [1.54, 1.807) is 6.07 Å². The molecular weight excluding hydrogens is 464 g/mol. The van der Waals surface area contributed by atoms with Crippen molar-refractivity contribution in [3.63, 3.8) is 0 Å². The number of benzene rings is 1. The molecule has 0 unspecified atom stereocenters. The van der Waals surface area contributed by atoms with Gasteiger partial charge in [-0.05, 0) is 67.6 Å². The number of rotatable bonds is 6. The minimum absolute atomic E-state index is 0.0671. The Bertz CT molecular complexity index is 1140. The Morgan fingerprint density at radius 1 is 1.20 bits per heavy atom. The van der Waals surface area contributed by atoms with Crippen LogP contribution < -0.4 is 0 Å². The Hall–Kier alpha value is -2.79. The van der Waals surface area contributed by atoms with Crippen LogP contribution in [0.3, 0.4) is 0 Å². The minimum atomic E-state index is -0.0671. The van der Waals surface area contributed by atoms with Gasteiger partial charge >= 0.3 is 0 Å². The Labute approximate surface area is 211 Å². The van der Waals surface area contributed by atoms with E-state index in [0.29, 0.717) is 36.9 Å². The molecule has 184 valence electrons. The molecule has 0 bridgehead atoms. The molecule has 2 aliphatic rings. The van der Waals surface area contributed by atoms with Crippen LogP contribution in [0.4, 0.5) is 5.82 Å². The highest BCUT2D eigenvalue weighted by Gasteiger charge is 2.32. The standard InChI is InChI=1S/C27H31ClN4O3/c1-18-16-31(8-9-32(18)27(34)20-5-10-35-11-6-20)17-23-13-24(28)12-22(19(23)2)14-25(33)21-4-7-30-26(15-21)29-3/h4,7,12-13,15,18,20H,5-6,8-11,14,16-17H2,1-2H3/t18-/m0/s1. The summed E-state index contributed by atoms with van der Waals surface area (Å²) in [4.78, 5) is 37.5. The number of aromatic nitrogens is 1. The number of nitrogens with zero attached hydrogens (tertiary/aromatic N) is 4. The van der Waals surface area contributed by atoms with Gasteiger partial charge in [-0.3, -0.25) is 14.5 Å². The van der Waals surface area contributed by atoms with Gasteiger partial charge in [0.25, 0.3) is 5.82 Å². The highest BCUT2D eigenvalue weighted by Crippen LogP contribution is 2.26. The number of Topliss-reactive ketones (excluding diaryl/α,β-unsaturated/α-hetero) is 1. The van der Waals surface area contributed by atoms with Gasteiger partial charge in [-0.1, -0.05) is 18.2 Å². The summed E-state index contributed by atoms with van der Waals surface area (Å²) >= 11 is 6.45. The molecule has 0 N–H and O–H groups in total. The molecule has 0 saturated carbocycles. The zero-order valence-electron chi connectivity index (χ0n) is 20.3. The molecule has 2 fully saturated rings. The number of piperazine rings is 1. The number of carbonyl (C=O) groups is 2. The van der Waals surface area contributed by atoms with E-state index < -0.39 is 0 Å². The van der Waals surface area contributed by atoms with E-state index >= 15 is 0 Å². The molecule has 8 heteroatoms. The minimum Gasteiger partial charge on any atom is -0.381 e. The summed E-state index contributed by atoms with van der Waals surface area (Å²) in [5, 5.41) is 0.603. The normalized spacial score (nSPS) is 19.4. The molecule has 3 heterocycles. The Kier molecular flexibility index (Phi) is 8.17. The van der Waals surface area contributed by atoms with E-state index in [0.717, 1.165) is 42.6 Å². The number of pyridine rings is 1. The maximum atomic E-state index is 13.0. The average Bonchev–Trinajstić information content (AvgIpc) is 2.87. The second kappa shape index (κ2) is 11.3. The summed E-state index contributed by atoms with van der Waals surface area (Å²) in [5.74, 6) is 0.488. The van der Waals surface area contributed by atoms with Crippen molar-refractivity contribution in [1.82, 2.24) is 14.8 Å². The number of hydrogen-bond acceptors (Lipinski definition) is 5. The van der Waals surface area contributed by atoms with Gasteiger partial charge in [0.15, 0.2) is 5.78 Å². The maximum Gasteiger partial charge on any atom is 0.270 e. The van der Waals surface area contributed by atoms with Gasteiger partial charge < -0.3 is 14.5 Å². The SMILES string of the molecule is [C-]#[N+]c1cc(C(=O)Cc2cc(Cl)cc(CN3CCN(C(=O)C4CCOCC4)[C@@H](C)C3)c2C)ccn1. The first-order valence-electron chi connectivity index (χ1n) is 12.1.